The van der Waals surface area contributed by atoms with Crippen LogP contribution >= 0.6 is 0 Å². The summed E-state index contributed by atoms with van der Waals surface area (Å²) in [5.41, 5.74) is 1.53. The van der Waals surface area contributed by atoms with E-state index in [0.29, 0.717) is 16.9 Å². The summed E-state index contributed by atoms with van der Waals surface area (Å²) in [6.07, 6.45) is 2.78. The summed E-state index contributed by atoms with van der Waals surface area (Å²) in [6, 6.07) is 1.79. The highest BCUT2D eigenvalue weighted by Crippen LogP contribution is 2.60. The van der Waals surface area contributed by atoms with Gasteiger partial charge in [-0.25, -0.2) is 0 Å². The minimum Gasteiger partial charge on any atom is -0.504 e. The second-order valence-corrected chi connectivity index (χ2v) is 8.63. The molecule has 0 saturated heterocycles. The predicted octanol–water partition coefficient (Wildman–Crippen LogP) is 4.12. The number of carbonyl (C=O) groups excluding carboxylic acids is 1. The first-order chi connectivity index (χ1) is 11.1. The molecule has 1 aromatic carbocycles. The van der Waals surface area contributed by atoms with E-state index in [2.05, 4.69) is 20.8 Å². The predicted molar refractivity (Wildman–Crippen MR) is 92.7 cm³/mol. The van der Waals surface area contributed by atoms with Crippen LogP contribution in [0.5, 0.6) is 11.5 Å². The van der Waals surface area contributed by atoms with Gasteiger partial charge in [-0.3, -0.25) is 4.79 Å². The summed E-state index contributed by atoms with van der Waals surface area (Å²) in [7, 11) is 0. The molecule has 1 fully saturated rings. The van der Waals surface area contributed by atoms with Gasteiger partial charge in [-0.2, -0.15) is 0 Å². The number of phenols is 1. The Hall–Kier alpha value is -1.55. The van der Waals surface area contributed by atoms with E-state index in [1.165, 1.54) is 0 Å². The highest BCUT2D eigenvalue weighted by molar-refractivity contribution is 5.82. The van der Waals surface area contributed by atoms with E-state index >= 15 is 0 Å². The maximum atomic E-state index is 11.8. The quantitative estimate of drug-likeness (QED) is 0.799. The number of hydrogen-bond acceptors (Lipinski definition) is 4. The number of aliphatic hydroxyl groups is 1. The lowest BCUT2D eigenvalue weighted by atomic mass is 9.52. The van der Waals surface area contributed by atoms with Gasteiger partial charge in [-0.15, -0.1) is 0 Å². The van der Waals surface area contributed by atoms with Crippen molar-refractivity contribution in [1.82, 2.24) is 0 Å². The van der Waals surface area contributed by atoms with E-state index in [0.717, 1.165) is 31.1 Å². The third-order valence-electron chi connectivity index (χ3n) is 6.20. The minimum atomic E-state index is -0.981. The van der Waals surface area contributed by atoms with E-state index in [1.54, 1.807) is 6.07 Å². The molecule has 1 saturated carbocycles. The van der Waals surface area contributed by atoms with Crippen molar-refractivity contribution in [2.24, 2.45) is 11.3 Å². The van der Waals surface area contributed by atoms with Crippen LogP contribution in [0.15, 0.2) is 6.07 Å². The molecule has 132 valence electrons. The molecular formula is C20H28O4. The highest BCUT2D eigenvalue weighted by Gasteiger charge is 2.56. The van der Waals surface area contributed by atoms with Crippen LogP contribution in [0.2, 0.25) is 0 Å². The Morgan fingerprint density at radius 2 is 1.96 bits per heavy atom. The lowest BCUT2D eigenvalue weighted by molar-refractivity contribution is -0.156. The van der Waals surface area contributed by atoms with Crippen LogP contribution in [0.4, 0.5) is 0 Å². The summed E-state index contributed by atoms with van der Waals surface area (Å²) < 4.78 is 5.81. The van der Waals surface area contributed by atoms with E-state index in [9.17, 15) is 15.0 Å². The average molecular weight is 332 g/mol. The number of rotatable bonds is 2. The van der Waals surface area contributed by atoms with Crippen molar-refractivity contribution in [3.63, 3.8) is 0 Å². The zero-order chi connectivity index (χ0) is 17.9. The molecule has 1 aliphatic carbocycles. The summed E-state index contributed by atoms with van der Waals surface area (Å²) in [6.45, 7) is 10.3. The zero-order valence-corrected chi connectivity index (χ0v) is 15.2. The third kappa shape index (κ3) is 2.26. The molecule has 0 unspecified atom stereocenters. The van der Waals surface area contributed by atoms with Gasteiger partial charge in [0.25, 0.3) is 0 Å². The molecule has 3 rings (SSSR count). The van der Waals surface area contributed by atoms with Gasteiger partial charge in [-0.1, -0.05) is 41.0 Å². The van der Waals surface area contributed by atoms with Crippen LogP contribution in [0.3, 0.4) is 0 Å². The van der Waals surface area contributed by atoms with Crippen molar-refractivity contribution in [3.8, 4) is 11.5 Å². The number of benzene rings is 1. The second-order valence-electron chi connectivity index (χ2n) is 8.63. The molecule has 4 nitrogen and oxygen atoms in total. The molecule has 0 aromatic heterocycles. The SMILES string of the molecule is CC(C)c1cc(C=O)c2c(c1O)O[C@H](O)[C@H]1C(C)(C)CCC[C@]21C. The number of aromatic hydroxyl groups is 1. The van der Waals surface area contributed by atoms with Gasteiger partial charge in [0.15, 0.2) is 17.8 Å². The lowest BCUT2D eigenvalue weighted by Gasteiger charge is -2.55. The number of phenolic OH excluding ortho intramolecular Hbond substituents is 1. The maximum absolute atomic E-state index is 11.8. The van der Waals surface area contributed by atoms with E-state index in [4.69, 9.17) is 4.74 Å². The zero-order valence-electron chi connectivity index (χ0n) is 15.2. The fourth-order valence-corrected chi connectivity index (χ4v) is 5.18. The summed E-state index contributed by atoms with van der Waals surface area (Å²) in [5, 5.41) is 21.5. The van der Waals surface area contributed by atoms with Crippen LogP contribution in [0, 0.1) is 11.3 Å². The van der Waals surface area contributed by atoms with Crippen molar-refractivity contribution < 1.29 is 19.7 Å². The van der Waals surface area contributed by atoms with Gasteiger partial charge in [0.1, 0.15) is 0 Å². The molecule has 1 aromatic rings. The summed E-state index contributed by atoms with van der Waals surface area (Å²) in [4.78, 5) is 11.8. The first-order valence-electron chi connectivity index (χ1n) is 8.83. The fourth-order valence-electron chi connectivity index (χ4n) is 5.18. The Bertz CT molecular complexity index is 677. The van der Waals surface area contributed by atoms with Gasteiger partial charge >= 0.3 is 0 Å². The number of ether oxygens (including phenoxy) is 1. The number of aldehydes is 1. The standard InChI is InChI=1S/C20H28O4/c1-11(2)13-9-12(10-21)14-16(15(13)22)24-18(23)17-19(3,4)7-6-8-20(14,17)5/h9-11,17-18,22-23H,6-8H2,1-5H3/t17-,18-,20+/m0/s1. The largest absolute Gasteiger partial charge is 0.504 e. The van der Waals surface area contributed by atoms with Crippen molar-refractivity contribution >= 4 is 6.29 Å². The van der Waals surface area contributed by atoms with Crippen LogP contribution in [-0.2, 0) is 5.41 Å². The van der Waals surface area contributed by atoms with Crippen LogP contribution in [-0.4, -0.2) is 22.8 Å². The summed E-state index contributed by atoms with van der Waals surface area (Å²) >= 11 is 0. The van der Waals surface area contributed by atoms with Crippen LogP contribution in [0.25, 0.3) is 0 Å². The Kier molecular flexibility index (Phi) is 3.95. The van der Waals surface area contributed by atoms with Crippen LogP contribution in [0.1, 0.15) is 81.3 Å². The first kappa shape index (κ1) is 17.3. The topological polar surface area (TPSA) is 66.8 Å². The summed E-state index contributed by atoms with van der Waals surface area (Å²) in [5.74, 6) is 0.303. The van der Waals surface area contributed by atoms with Crippen molar-refractivity contribution in [2.45, 2.75) is 71.5 Å². The molecule has 24 heavy (non-hydrogen) atoms. The molecule has 1 heterocycles. The highest BCUT2D eigenvalue weighted by atomic mass is 16.6. The Balaban J connectivity index is 2.31. The maximum Gasteiger partial charge on any atom is 0.201 e. The average Bonchev–Trinajstić information content (AvgIpc) is 2.46. The first-order valence-corrected chi connectivity index (χ1v) is 8.83. The van der Waals surface area contributed by atoms with Crippen molar-refractivity contribution in [1.29, 1.82) is 0 Å². The van der Waals surface area contributed by atoms with Gasteiger partial charge in [0.2, 0.25) is 6.29 Å². The minimum absolute atomic E-state index is 0.0584. The molecule has 1 aliphatic heterocycles. The molecule has 3 atom stereocenters. The van der Waals surface area contributed by atoms with Crippen LogP contribution < -0.4 is 4.74 Å². The van der Waals surface area contributed by atoms with Gasteiger partial charge in [0.05, 0.1) is 0 Å². The number of aliphatic hydroxyl groups excluding tert-OH is 1. The van der Waals surface area contributed by atoms with Crippen molar-refractivity contribution in [2.75, 3.05) is 0 Å². The van der Waals surface area contributed by atoms with Gasteiger partial charge in [0, 0.05) is 28.0 Å². The lowest BCUT2D eigenvalue weighted by Crippen LogP contribution is -2.55. The Morgan fingerprint density at radius 3 is 2.54 bits per heavy atom. The monoisotopic (exact) mass is 332 g/mol. The van der Waals surface area contributed by atoms with Gasteiger partial charge in [-0.05, 0) is 30.2 Å². The number of carbonyl (C=O) groups is 1. The molecule has 0 amide bonds. The second kappa shape index (κ2) is 5.48. The van der Waals surface area contributed by atoms with E-state index in [1.807, 2.05) is 13.8 Å². The third-order valence-corrected chi connectivity index (χ3v) is 6.20. The molecule has 2 N–H and O–H groups in total. The molecule has 4 heteroatoms. The number of hydrogen-bond donors (Lipinski definition) is 2. The van der Waals surface area contributed by atoms with E-state index < -0.39 is 11.7 Å². The smallest absolute Gasteiger partial charge is 0.201 e. The Morgan fingerprint density at radius 1 is 1.29 bits per heavy atom. The molecule has 0 radical (unpaired) electrons. The molecule has 2 aliphatic rings. The van der Waals surface area contributed by atoms with Crippen molar-refractivity contribution in [3.05, 3.63) is 22.8 Å². The van der Waals surface area contributed by atoms with E-state index in [-0.39, 0.29) is 23.0 Å². The normalized spacial score (nSPS) is 31.1. The Labute approximate surface area is 143 Å². The fraction of sp³-hybridized carbons (Fsp3) is 0.650. The molecule has 0 spiro atoms. The van der Waals surface area contributed by atoms with Gasteiger partial charge < -0.3 is 14.9 Å². The molecule has 0 bridgehead atoms. The number of fused-ring (bicyclic) bond motifs is 3. The molecular weight excluding hydrogens is 304 g/mol.